The molecule has 1 atom stereocenters. The molecule has 0 aromatic heterocycles. The fraction of sp³-hybridized carbons (Fsp3) is 0.294. The van der Waals surface area contributed by atoms with Gasteiger partial charge in [0.1, 0.15) is 11.9 Å². The van der Waals surface area contributed by atoms with Crippen LogP contribution in [0.3, 0.4) is 0 Å². The summed E-state index contributed by atoms with van der Waals surface area (Å²) in [4.78, 5) is 0. The van der Waals surface area contributed by atoms with Crippen LogP contribution < -0.4 is 0 Å². The van der Waals surface area contributed by atoms with E-state index in [4.69, 9.17) is 11.6 Å². The molecule has 0 saturated carbocycles. The summed E-state index contributed by atoms with van der Waals surface area (Å²) < 4.78 is 14.1. The van der Waals surface area contributed by atoms with Gasteiger partial charge in [-0.15, -0.1) is 0 Å². The lowest BCUT2D eigenvalue weighted by Crippen LogP contribution is -2.09. The van der Waals surface area contributed by atoms with Gasteiger partial charge in [0.25, 0.3) is 0 Å². The van der Waals surface area contributed by atoms with Crippen LogP contribution in [-0.2, 0) is 0 Å². The van der Waals surface area contributed by atoms with Crippen LogP contribution in [0.5, 0.6) is 0 Å². The van der Waals surface area contributed by atoms with Crippen LogP contribution in [-0.4, -0.2) is 5.11 Å². The zero-order chi connectivity index (χ0) is 15.0. The topological polar surface area (TPSA) is 20.2 Å². The second-order valence-electron chi connectivity index (χ2n) is 5.22. The summed E-state index contributed by atoms with van der Waals surface area (Å²) in [5.74, 6) is -0.556. The predicted octanol–water partition coefficient (Wildman–Crippen LogP) is 4.79. The second kappa shape index (κ2) is 5.55. The van der Waals surface area contributed by atoms with Crippen LogP contribution >= 0.6 is 11.6 Å². The van der Waals surface area contributed by atoms with Crippen LogP contribution in [0.25, 0.3) is 0 Å². The van der Waals surface area contributed by atoms with Gasteiger partial charge in [0.2, 0.25) is 0 Å². The SMILES string of the molecule is Cc1cc(C)c(C)c(C(O)c2cccc(Cl)c2F)c1C. The van der Waals surface area contributed by atoms with Gasteiger partial charge in [0.05, 0.1) is 5.02 Å². The lowest BCUT2D eigenvalue weighted by atomic mass is 9.88. The quantitative estimate of drug-likeness (QED) is 0.843. The van der Waals surface area contributed by atoms with E-state index in [1.807, 2.05) is 27.7 Å². The third kappa shape index (κ3) is 2.46. The van der Waals surface area contributed by atoms with Crippen LogP contribution in [0.15, 0.2) is 24.3 Å². The molecule has 0 aliphatic rings. The molecule has 1 nitrogen and oxygen atoms in total. The highest BCUT2D eigenvalue weighted by Crippen LogP contribution is 2.34. The molecule has 0 radical (unpaired) electrons. The minimum atomic E-state index is -1.01. The summed E-state index contributed by atoms with van der Waals surface area (Å²) in [5, 5.41) is 10.6. The summed E-state index contributed by atoms with van der Waals surface area (Å²) in [6.07, 6.45) is -1.01. The largest absolute Gasteiger partial charge is 0.384 e. The molecule has 0 aliphatic heterocycles. The maximum absolute atomic E-state index is 14.1. The molecular formula is C17H18ClFO. The average Bonchev–Trinajstić information content (AvgIpc) is 2.40. The lowest BCUT2D eigenvalue weighted by molar-refractivity contribution is 0.213. The Kier molecular flexibility index (Phi) is 4.17. The smallest absolute Gasteiger partial charge is 0.147 e. The highest BCUT2D eigenvalue weighted by Gasteiger charge is 2.21. The van der Waals surface area contributed by atoms with Crippen molar-refractivity contribution in [2.75, 3.05) is 0 Å². The van der Waals surface area contributed by atoms with Gasteiger partial charge in [-0.1, -0.05) is 29.8 Å². The Morgan fingerprint density at radius 1 is 1.05 bits per heavy atom. The molecule has 0 amide bonds. The van der Waals surface area contributed by atoms with Crippen molar-refractivity contribution in [3.05, 3.63) is 68.5 Å². The number of aliphatic hydroxyl groups is 1. The zero-order valence-electron chi connectivity index (χ0n) is 12.1. The first-order chi connectivity index (χ1) is 9.34. The normalized spacial score (nSPS) is 12.6. The van der Waals surface area contributed by atoms with Crippen LogP contribution in [0, 0.1) is 33.5 Å². The third-order valence-corrected chi connectivity index (χ3v) is 4.27. The maximum Gasteiger partial charge on any atom is 0.147 e. The second-order valence-corrected chi connectivity index (χ2v) is 5.63. The first-order valence-electron chi connectivity index (χ1n) is 6.53. The van der Waals surface area contributed by atoms with Crippen molar-refractivity contribution in [3.63, 3.8) is 0 Å². The summed E-state index contributed by atoms with van der Waals surface area (Å²) in [7, 11) is 0. The molecule has 1 unspecified atom stereocenters. The molecule has 20 heavy (non-hydrogen) atoms. The van der Waals surface area contributed by atoms with Crippen molar-refractivity contribution < 1.29 is 9.50 Å². The van der Waals surface area contributed by atoms with Crippen molar-refractivity contribution in [2.24, 2.45) is 0 Å². The number of rotatable bonds is 2. The van der Waals surface area contributed by atoms with E-state index in [1.165, 1.54) is 6.07 Å². The molecule has 1 N–H and O–H groups in total. The van der Waals surface area contributed by atoms with Gasteiger partial charge in [-0.2, -0.15) is 0 Å². The number of halogens is 2. The van der Waals surface area contributed by atoms with E-state index in [-0.39, 0.29) is 10.6 Å². The molecule has 0 bridgehead atoms. The number of benzene rings is 2. The Morgan fingerprint density at radius 3 is 2.15 bits per heavy atom. The summed E-state index contributed by atoms with van der Waals surface area (Å²) in [5.41, 5.74) is 5.13. The Bertz CT molecular complexity index is 638. The Labute approximate surface area is 124 Å². The van der Waals surface area contributed by atoms with Crippen molar-refractivity contribution in [1.82, 2.24) is 0 Å². The molecule has 106 valence electrons. The molecule has 3 heteroatoms. The lowest BCUT2D eigenvalue weighted by Gasteiger charge is -2.21. The predicted molar refractivity (Wildman–Crippen MR) is 80.9 cm³/mol. The highest BCUT2D eigenvalue weighted by molar-refractivity contribution is 6.30. The van der Waals surface area contributed by atoms with Gasteiger partial charge in [0, 0.05) is 5.56 Å². The summed E-state index contributed by atoms with van der Waals surface area (Å²) in [6, 6.07) is 6.78. The molecule has 0 aliphatic carbocycles. The van der Waals surface area contributed by atoms with Crippen molar-refractivity contribution in [1.29, 1.82) is 0 Å². The maximum atomic E-state index is 14.1. The van der Waals surface area contributed by atoms with E-state index >= 15 is 0 Å². The first kappa shape index (κ1) is 15.0. The van der Waals surface area contributed by atoms with Crippen LogP contribution in [0.1, 0.15) is 39.5 Å². The van der Waals surface area contributed by atoms with Crippen LogP contribution in [0.2, 0.25) is 5.02 Å². The van der Waals surface area contributed by atoms with E-state index in [2.05, 4.69) is 6.07 Å². The first-order valence-corrected chi connectivity index (χ1v) is 6.91. The molecule has 0 heterocycles. The van der Waals surface area contributed by atoms with Crippen molar-refractivity contribution in [3.8, 4) is 0 Å². The molecule has 0 spiro atoms. The van der Waals surface area contributed by atoms with E-state index in [1.54, 1.807) is 12.1 Å². The van der Waals surface area contributed by atoms with Gasteiger partial charge in [0.15, 0.2) is 0 Å². The monoisotopic (exact) mass is 292 g/mol. The molecule has 2 aromatic carbocycles. The van der Waals surface area contributed by atoms with Gasteiger partial charge in [-0.05, 0) is 61.6 Å². The minimum absolute atomic E-state index is 0.0289. The number of aryl methyl sites for hydroxylation is 2. The van der Waals surface area contributed by atoms with E-state index in [9.17, 15) is 9.50 Å². The Balaban J connectivity index is 2.65. The molecule has 0 saturated heterocycles. The number of aliphatic hydroxyl groups excluding tert-OH is 1. The van der Waals surface area contributed by atoms with Crippen molar-refractivity contribution in [2.45, 2.75) is 33.8 Å². The fourth-order valence-corrected chi connectivity index (χ4v) is 2.73. The standard InChI is InChI=1S/C17H18ClFO/c1-9-8-10(2)12(4)15(11(9)3)17(20)13-6-5-7-14(18)16(13)19/h5-8,17,20H,1-4H3. The zero-order valence-corrected chi connectivity index (χ0v) is 12.8. The fourth-order valence-electron chi connectivity index (χ4n) is 2.54. The summed E-state index contributed by atoms with van der Waals surface area (Å²) in [6.45, 7) is 7.88. The molecule has 0 fully saturated rings. The van der Waals surface area contributed by atoms with E-state index in [0.717, 1.165) is 27.8 Å². The highest BCUT2D eigenvalue weighted by atomic mass is 35.5. The van der Waals surface area contributed by atoms with Crippen molar-refractivity contribution >= 4 is 11.6 Å². The van der Waals surface area contributed by atoms with Crippen LogP contribution in [0.4, 0.5) is 4.39 Å². The van der Waals surface area contributed by atoms with Gasteiger partial charge < -0.3 is 5.11 Å². The minimum Gasteiger partial charge on any atom is -0.384 e. The van der Waals surface area contributed by atoms with Gasteiger partial charge in [-0.25, -0.2) is 4.39 Å². The Hall–Kier alpha value is -1.38. The molecule has 2 aromatic rings. The molecular weight excluding hydrogens is 275 g/mol. The average molecular weight is 293 g/mol. The van der Waals surface area contributed by atoms with E-state index in [0.29, 0.717) is 0 Å². The number of hydrogen-bond acceptors (Lipinski definition) is 1. The van der Waals surface area contributed by atoms with E-state index < -0.39 is 11.9 Å². The third-order valence-electron chi connectivity index (χ3n) is 3.97. The number of hydrogen-bond donors (Lipinski definition) is 1. The van der Waals surface area contributed by atoms with Gasteiger partial charge >= 0.3 is 0 Å². The summed E-state index contributed by atoms with van der Waals surface area (Å²) >= 11 is 5.80. The Morgan fingerprint density at radius 2 is 1.60 bits per heavy atom. The van der Waals surface area contributed by atoms with Gasteiger partial charge in [-0.3, -0.25) is 0 Å². The molecule has 2 rings (SSSR count).